The molecule has 2 heterocycles. The number of nitrogens with one attached hydrogen (secondary N) is 2. The Morgan fingerprint density at radius 1 is 1.16 bits per heavy atom. The first-order chi connectivity index (χ1) is 14.7. The van der Waals surface area contributed by atoms with Crippen molar-refractivity contribution in [2.45, 2.75) is 32.7 Å². The number of aliphatic imine (C=N–C) groups is 1. The summed E-state index contributed by atoms with van der Waals surface area (Å²) in [6.45, 7) is 5.80. The first-order valence-electron chi connectivity index (χ1n) is 10.7. The Morgan fingerprint density at radius 3 is 2.58 bits per heavy atom. The van der Waals surface area contributed by atoms with Gasteiger partial charge in [-0.1, -0.05) is 36.4 Å². The van der Waals surface area contributed by atoms with Gasteiger partial charge in [-0.15, -0.1) is 24.0 Å². The molecule has 0 spiro atoms. The molecule has 2 aromatic rings. The van der Waals surface area contributed by atoms with E-state index in [1.165, 1.54) is 5.56 Å². The van der Waals surface area contributed by atoms with Gasteiger partial charge in [0.25, 0.3) is 0 Å². The minimum Gasteiger partial charge on any atom is -0.369 e. The number of carbonyl (C=O) groups excluding carboxylic acids is 1. The number of hydrogen-bond donors (Lipinski definition) is 3. The second-order valence-electron chi connectivity index (χ2n) is 7.51. The molecule has 4 N–H and O–H groups in total. The molecule has 1 aromatic heterocycles. The SMILES string of the molecule is CCNC(=NCc1cccnc1N1CCC(C(N)=O)CC1)NCCc1ccccc1.I. The molecule has 1 aromatic carbocycles. The van der Waals surface area contributed by atoms with Crippen LogP contribution in [0.15, 0.2) is 53.7 Å². The number of amides is 1. The van der Waals surface area contributed by atoms with Crippen molar-refractivity contribution in [3.05, 3.63) is 59.8 Å². The van der Waals surface area contributed by atoms with Crippen LogP contribution in [0.1, 0.15) is 30.9 Å². The Balaban J connectivity index is 0.00000341. The molecule has 1 aliphatic heterocycles. The number of pyridine rings is 1. The van der Waals surface area contributed by atoms with Crippen LogP contribution in [0.4, 0.5) is 5.82 Å². The monoisotopic (exact) mass is 536 g/mol. The zero-order valence-corrected chi connectivity index (χ0v) is 20.4. The average molecular weight is 536 g/mol. The molecule has 0 aliphatic carbocycles. The summed E-state index contributed by atoms with van der Waals surface area (Å²) in [5, 5.41) is 6.72. The van der Waals surface area contributed by atoms with Crippen LogP contribution in [-0.4, -0.2) is 43.0 Å². The number of aromatic nitrogens is 1. The van der Waals surface area contributed by atoms with Crippen molar-refractivity contribution in [1.82, 2.24) is 15.6 Å². The summed E-state index contributed by atoms with van der Waals surface area (Å²) < 4.78 is 0. The van der Waals surface area contributed by atoms with Crippen molar-refractivity contribution in [3.8, 4) is 0 Å². The Labute approximate surface area is 201 Å². The standard InChI is InChI=1S/C23H32N6O.HI/c1-2-25-23(27-14-10-18-7-4-3-5-8-18)28-17-20-9-6-13-26-22(20)29-15-11-19(12-16-29)21(24)30;/h3-9,13,19H,2,10-12,14-17H2,1H3,(H2,24,30)(H2,25,27,28);1H. The van der Waals surface area contributed by atoms with Crippen LogP contribution >= 0.6 is 24.0 Å². The molecule has 7 nitrogen and oxygen atoms in total. The van der Waals surface area contributed by atoms with Gasteiger partial charge in [0.05, 0.1) is 6.54 Å². The lowest BCUT2D eigenvalue weighted by Gasteiger charge is -2.32. The molecular weight excluding hydrogens is 503 g/mol. The van der Waals surface area contributed by atoms with Crippen molar-refractivity contribution >= 4 is 41.7 Å². The van der Waals surface area contributed by atoms with Crippen LogP contribution in [-0.2, 0) is 17.8 Å². The summed E-state index contributed by atoms with van der Waals surface area (Å²) in [5.74, 6) is 1.53. The number of nitrogens with two attached hydrogens (primary N) is 1. The zero-order valence-electron chi connectivity index (χ0n) is 18.1. The predicted molar refractivity (Wildman–Crippen MR) is 137 cm³/mol. The van der Waals surface area contributed by atoms with Gasteiger partial charge in [0.15, 0.2) is 5.96 Å². The summed E-state index contributed by atoms with van der Waals surface area (Å²) in [5.41, 5.74) is 7.84. The van der Waals surface area contributed by atoms with Gasteiger partial charge in [-0.25, -0.2) is 9.98 Å². The maximum absolute atomic E-state index is 11.4. The van der Waals surface area contributed by atoms with Gasteiger partial charge in [0, 0.05) is 43.9 Å². The minimum absolute atomic E-state index is 0. The van der Waals surface area contributed by atoms with Crippen molar-refractivity contribution in [3.63, 3.8) is 0 Å². The van der Waals surface area contributed by atoms with Crippen LogP contribution in [0.3, 0.4) is 0 Å². The van der Waals surface area contributed by atoms with Crippen LogP contribution in [0.25, 0.3) is 0 Å². The highest BCUT2D eigenvalue weighted by Crippen LogP contribution is 2.24. The van der Waals surface area contributed by atoms with E-state index in [0.717, 1.165) is 62.8 Å². The summed E-state index contributed by atoms with van der Waals surface area (Å²) in [6.07, 6.45) is 4.31. The maximum atomic E-state index is 11.4. The second-order valence-corrected chi connectivity index (χ2v) is 7.51. The molecule has 0 bridgehead atoms. The third-order valence-electron chi connectivity index (χ3n) is 5.37. The first kappa shape index (κ1) is 24.9. The highest BCUT2D eigenvalue weighted by atomic mass is 127. The number of benzene rings is 1. The van der Waals surface area contributed by atoms with Gasteiger partial charge in [-0.2, -0.15) is 0 Å². The highest BCUT2D eigenvalue weighted by Gasteiger charge is 2.24. The fourth-order valence-electron chi connectivity index (χ4n) is 3.69. The molecule has 1 aliphatic rings. The highest BCUT2D eigenvalue weighted by molar-refractivity contribution is 14.0. The fourth-order valence-corrected chi connectivity index (χ4v) is 3.69. The number of carbonyl (C=O) groups is 1. The smallest absolute Gasteiger partial charge is 0.220 e. The number of guanidine groups is 1. The quantitative estimate of drug-likeness (QED) is 0.274. The minimum atomic E-state index is -0.197. The van der Waals surface area contributed by atoms with Crippen LogP contribution in [0.2, 0.25) is 0 Å². The van der Waals surface area contributed by atoms with Crippen LogP contribution < -0.4 is 21.3 Å². The molecule has 1 fully saturated rings. The van der Waals surface area contributed by atoms with E-state index in [0.29, 0.717) is 6.54 Å². The molecule has 0 unspecified atom stereocenters. The van der Waals surface area contributed by atoms with E-state index in [-0.39, 0.29) is 35.8 Å². The number of primary amides is 1. The Hall–Kier alpha value is -2.36. The normalized spacial score (nSPS) is 14.6. The van der Waals surface area contributed by atoms with E-state index < -0.39 is 0 Å². The lowest BCUT2D eigenvalue weighted by Crippen LogP contribution is -2.39. The topological polar surface area (TPSA) is 95.6 Å². The molecule has 8 heteroatoms. The summed E-state index contributed by atoms with van der Waals surface area (Å²) in [7, 11) is 0. The molecule has 0 radical (unpaired) electrons. The van der Waals surface area contributed by atoms with E-state index in [4.69, 9.17) is 10.7 Å². The summed E-state index contributed by atoms with van der Waals surface area (Å²) in [4.78, 5) is 23.0. The van der Waals surface area contributed by atoms with Crippen molar-refractivity contribution < 1.29 is 4.79 Å². The van der Waals surface area contributed by atoms with E-state index >= 15 is 0 Å². The van der Waals surface area contributed by atoms with Gasteiger partial charge in [0.1, 0.15) is 5.82 Å². The number of hydrogen-bond acceptors (Lipinski definition) is 4. The summed E-state index contributed by atoms with van der Waals surface area (Å²) in [6, 6.07) is 14.4. The Kier molecular flexibility index (Phi) is 10.6. The molecule has 0 atom stereocenters. The van der Waals surface area contributed by atoms with Crippen LogP contribution in [0, 0.1) is 5.92 Å². The van der Waals surface area contributed by atoms with E-state index in [2.05, 4.69) is 57.8 Å². The zero-order chi connectivity index (χ0) is 21.2. The van der Waals surface area contributed by atoms with E-state index in [9.17, 15) is 4.79 Å². The lowest BCUT2D eigenvalue weighted by atomic mass is 9.96. The Morgan fingerprint density at radius 2 is 1.90 bits per heavy atom. The summed E-state index contributed by atoms with van der Waals surface area (Å²) >= 11 is 0. The molecule has 3 rings (SSSR count). The van der Waals surface area contributed by atoms with Crippen molar-refractivity contribution in [2.24, 2.45) is 16.6 Å². The second kappa shape index (κ2) is 13.1. The van der Waals surface area contributed by atoms with Gasteiger partial charge in [0.2, 0.25) is 5.91 Å². The fraction of sp³-hybridized carbons (Fsp3) is 0.435. The third kappa shape index (κ3) is 7.68. The van der Waals surface area contributed by atoms with E-state index in [1.54, 1.807) is 0 Å². The molecular formula is C23H33IN6O. The number of piperidine rings is 1. The molecule has 1 amide bonds. The number of rotatable bonds is 8. The average Bonchev–Trinajstić information content (AvgIpc) is 2.78. The van der Waals surface area contributed by atoms with E-state index in [1.807, 2.05) is 18.3 Å². The number of nitrogens with zero attached hydrogens (tertiary/aromatic N) is 3. The first-order valence-corrected chi connectivity index (χ1v) is 10.7. The molecule has 168 valence electrons. The van der Waals surface area contributed by atoms with Gasteiger partial charge in [-0.3, -0.25) is 4.79 Å². The van der Waals surface area contributed by atoms with Gasteiger partial charge in [-0.05, 0) is 37.8 Å². The molecule has 0 saturated carbocycles. The maximum Gasteiger partial charge on any atom is 0.220 e. The van der Waals surface area contributed by atoms with Gasteiger partial charge < -0.3 is 21.3 Å². The predicted octanol–water partition coefficient (Wildman–Crippen LogP) is 2.70. The van der Waals surface area contributed by atoms with Crippen molar-refractivity contribution in [1.29, 1.82) is 0 Å². The third-order valence-corrected chi connectivity index (χ3v) is 5.37. The van der Waals surface area contributed by atoms with Crippen LogP contribution in [0.5, 0.6) is 0 Å². The number of halogens is 1. The Bertz CT molecular complexity index is 837. The molecule has 1 saturated heterocycles. The molecule has 31 heavy (non-hydrogen) atoms. The van der Waals surface area contributed by atoms with Crippen molar-refractivity contribution in [2.75, 3.05) is 31.1 Å². The largest absolute Gasteiger partial charge is 0.369 e. The lowest BCUT2D eigenvalue weighted by molar-refractivity contribution is -0.122. The number of anilines is 1. The van der Waals surface area contributed by atoms with Gasteiger partial charge >= 0.3 is 0 Å².